The summed E-state index contributed by atoms with van der Waals surface area (Å²) in [6.07, 6.45) is 1.66. The largest absolute Gasteiger partial charge is 0.333 e. The molecule has 0 aliphatic heterocycles. The molecule has 0 saturated heterocycles. The second-order valence-electron chi connectivity index (χ2n) is 3.84. The van der Waals surface area contributed by atoms with Crippen molar-refractivity contribution < 1.29 is 4.52 Å². The van der Waals surface area contributed by atoms with Crippen molar-refractivity contribution in [3.05, 3.63) is 41.2 Å². The molecule has 0 fully saturated rings. The number of hydrogen-bond donors (Lipinski definition) is 1. The quantitative estimate of drug-likeness (QED) is 0.769. The zero-order valence-corrected chi connectivity index (χ0v) is 10.3. The average Bonchev–Trinajstić information content (AvgIpc) is 2.98. The first kappa shape index (κ1) is 11.0. The Morgan fingerprint density at radius 2 is 2.00 bits per heavy atom. The number of rotatable bonds is 2. The summed E-state index contributed by atoms with van der Waals surface area (Å²) in [7, 11) is 0. The molecule has 1 aromatic carbocycles. The van der Waals surface area contributed by atoms with E-state index in [-0.39, 0.29) is 0 Å². The number of nitrogens with zero attached hydrogens (tertiary/aromatic N) is 3. The monoisotopic (exact) mass is 260 g/mol. The molecule has 0 radical (unpaired) electrons. The molecule has 5 nitrogen and oxygen atoms in total. The van der Waals surface area contributed by atoms with Crippen LogP contribution in [0.15, 0.2) is 35.0 Å². The predicted molar refractivity (Wildman–Crippen MR) is 67.1 cm³/mol. The summed E-state index contributed by atoms with van der Waals surface area (Å²) in [5.41, 5.74) is 2.56. The highest BCUT2D eigenvalue weighted by Gasteiger charge is 2.13. The Morgan fingerprint density at radius 1 is 1.22 bits per heavy atom. The molecule has 3 rings (SSSR count). The topological polar surface area (TPSA) is 67.6 Å². The SMILES string of the molecule is Cc1[nH]ncc1-c1nc(-c2ccc(Cl)cc2)no1. The Hall–Kier alpha value is -2.14. The van der Waals surface area contributed by atoms with Crippen molar-refractivity contribution in [3.8, 4) is 22.8 Å². The van der Waals surface area contributed by atoms with E-state index in [2.05, 4.69) is 20.3 Å². The number of halogens is 1. The van der Waals surface area contributed by atoms with E-state index in [9.17, 15) is 0 Å². The molecule has 0 unspecified atom stereocenters. The van der Waals surface area contributed by atoms with Crippen LogP contribution >= 0.6 is 11.6 Å². The normalized spacial score (nSPS) is 10.8. The number of aromatic nitrogens is 4. The molecular weight excluding hydrogens is 252 g/mol. The van der Waals surface area contributed by atoms with Crippen molar-refractivity contribution in [1.29, 1.82) is 0 Å². The Morgan fingerprint density at radius 3 is 2.67 bits per heavy atom. The fraction of sp³-hybridized carbons (Fsp3) is 0.0833. The number of aryl methyl sites for hydroxylation is 1. The van der Waals surface area contributed by atoms with E-state index in [4.69, 9.17) is 16.1 Å². The summed E-state index contributed by atoms with van der Waals surface area (Å²) in [6.45, 7) is 1.90. The molecule has 3 aromatic rings. The zero-order valence-electron chi connectivity index (χ0n) is 9.51. The van der Waals surface area contributed by atoms with Crippen LogP contribution in [0.25, 0.3) is 22.8 Å². The Kier molecular flexibility index (Phi) is 2.60. The molecule has 6 heteroatoms. The van der Waals surface area contributed by atoms with E-state index < -0.39 is 0 Å². The lowest BCUT2D eigenvalue weighted by atomic mass is 10.2. The van der Waals surface area contributed by atoms with Crippen LogP contribution in [0.1, 0.15) is 5.69 Å². The number of hydrogen-bond acceptors (Lipinski definition) is 4. The number of benzene rings is 1. The Balaban J connectivity index is 1.99. The summed E-state index contributed by atoms with van der Waals surface area (Å²) in [5.74, 6) is 0.980. The highest BCUT2D eigenvalue weighted by Crippen LogP contribution is 2.24. The number of aromatic amines is 1. The lowest BCUT2D eigenvalue weighted by Crippen LogP contribution is -1.81. The van der Waals surface area contributed by atoms with Gasteiger partial charge in [-0.25, -0.2) is 0 Å². The molecule has 0 bridgehead atoms. The van der Waals surface area contributed by atoms with Gasteiger partial charge in [0.25, 0.3) is 5.89 Å². The molecule has 2 aromatic heterocycles. The van der Waals surface area contributed by atoms with Crippen LogP contribution in [0, 0.1) is 6.92 Å². The lowest BCUT2D eigenvalue weighted by Gasteiger charge is -1.93. The van der Waals surface area contributed by atoms with E-state index >= 15 is 0 Å². The van der Waals surface area contributed by atoms with Gasteiger partial charge in [-0.1, -0.05) is 16.8 Å². The van der Waals surface area contributed by atoms with Gasteiger partial charge in [-0.3, -0.25) is 5.10 Å². The highest BCUT2D eigenvalue weighted by molar-refractivity contribution is 6.30. The Bertz CT molecular complexity index is 671. The molecule has 0 aliphatic rings. The fourth-order valence-corrected chi connectivity index (χ4v) is 1.74. The molecule has 18 heavy (non-hydrogen) atoms. The summed E-state index contributed by atoms with van der Waals surface area (Å²) in [5, 5.41) is 11.4. The molecule has 0 saturated carbocycles. The van der Waals surface area contributed by atoms with Gasteiger partial charge in [0.05, 0.1) is 11.8 Å². The smallest absolute Gasteiger partial charge is 0.261 e. The van der Waals surface area contributed by atoms with Crippen LogP contribution in [0.2, 0.25) is 5.02 Å². The van der Waals surface area contributed by atoms with Gasteiger partial charge in [-0.05, 0) is 31.2 Å². The van der Waals surface area contributed by atoms with Gasteiger partial charge < -0.3 is 4.52 Å². The fourth-order valence-electron chi connectivity index (χ4n) is 1.62. The van der Waals surface area contributed by atoms with Crippen molar-refractivity contribution >= 4 is 11.6 Å². The van der Waals surface area contributed by atoms with Gasteiger partial charge in [-0.15, -0.1) is 0 Å². The minimum atomic E-state index is 0.450. The lowest BCUT2D eigenvalue weighted by molar-refractivity contribution is 0.432. The minimum absolute atomic E-state index is 0.450. The van der Waals surface area contributed by atoms with E-state index in [1.807, 2.05) is 19.1 Å². The molecule has 2 heterocycles. The summed E-state index contributed by atoms with van der Waals surface area (Å²) < 4.78 is 5.22. The van der Waals surface area contributed by atoms with Crippen LogP contribution in [0.5, 0.6) is 0 Å². The molecule has 0 amide bonds. The number of H-pyrrole nitrogens is 1. The van der Waals surface area contributed by atoms with Crippen LogP contribution < -0.4 is 0 Å². The van der Waals surface area contributed by atoms with Gasteiger partial charge in [-0.2, -0.15) is 10.1 Å². The van der Waals surface area contributed by atoms with Gasteiger partial charge in [0, 0.05) is 16.3 Å². The summed E-state index contributed by atoms with van der Waals surface area (Å²) >= 11 is 5.83. The first-order valence-electron chi connectivity index (χ1n) is 5.34. The summed E-state index contributed by atoms with van der Waals surface area (Å²) in [4.78, 5) is 4.33. The third kappa shape index (κ3) is 1.89. The molecule has 0 spiro atoms. The van der Waals surface area contributed by atoms with E-state index in [0.717, 1.165) is 16.8 Å². The van der Waals surface area contributed by atoms with Crippen LogP contribution in [-0.2, 0) is 0 Å². The van der Waals surface area contributed by atoms with Gasteiger partial charge in [0.15, 0.2) is 0 Å². The molecular formula is C12H9ClN4O. The van der Waals surface area contributed by atoms with Crippen LogP contribution in [0.3, 0.4) is 0 Å². The maximum absolute atomic E-state index is 5.83. The molecule has 0 aliphatic carbocycles. The zero-order chi connectivity index (χ0) is 12.5. The van der Waals surface area contributed by atoms with Gasteiger partial charge in [0.1, 0.15) is 0 Å². The maximum Gasteiger partial charge on any atom is 0.261 e. The molecule has 90 valence electrons. The second-order valence-corrected chi connectivity index (χ2v) is 4.28. The first-order valence-corrected chi connectivity index (χ1v) is 5.72. The Labute approximate surface area is 108 Å². The third-order valence-electron chi connectivity index (χ3n) is 2.59. The summed E-state index contributed by atoms with van der Waals surface area (Å²) in [6, 6.07) is 7.27. The van der Waals surface area contributed by atoms with Crippen LogP contribution in [-0.4, -0.2) is 20.3 Å². The van der Waals surface area contributed by atoms with E-state index in [1.165, 1.54) is 0 Å². The maximum atomic E-state index is 5.83. The molecule has 1 N–H and O–H groups in total. The third-order valence-corrected chi connectivity index (χ3v) is 2.84. The highest BCUT2D eigenvalue weighted by atomic mass is 35.5. The van der Waals surface area contributed by atoms with Crippen molar-refractivity contribution in [1.82, 2.24) is 20.3 Å². The first-order chi connectivity index (χ1) is 8.74. The minimum Gasteiger partial charge on any atom is -0.333 e. The van der Waals surface area contributed by atoms with Crippen molar-refractivity contribution in [2.75, 3.05) is 0 Å². The number of nitrogens with one attached hydrogen (secondary N) is 1. The second kappa shape index (κ2) is 4.27. The van der Waals surface area contributed by atoms with Gasteiger partial charge >= 0.3 is 0 Å². The van der Waals surface area contributed by atoms with E-state index in [0.29, 0.717) is 16.7 Å². The average molecular weight is 261 g/mol. The van der Waals surface area contributed by atoms with Crippen LogP contribution in [0.4, 0.5) is 0 Å². The van der Waals surface area contributed by atoms with Crippen molar-refractivity contribution in [2.45, 2.75) is 6.92 Å². The predicted octanol–water partition coefficient (Wildman–Crippen LogP) is 3.09. The van der Waals surface area contributed by atoms with Crippen molar-refractivity contribution in [3.63, 3.8) is 0 Å². The molecule has 0 atom stereocenters. The standard InChI is InChI=1S/C12H9ClN4O/c1-7-10(6-14-16-7)12-15-11(17-18-12)8-2-4-9(13)5-3-8/h2-6H,1H3,(H,14,16). The van der Waals surface area contributed by atoms with Crippen molar-refractivity contribution in [2.24, 2.45) is 0 Å². The van der Waals surface area contributed by atoms with Gasteiger partial charge in [0.2, 0.25) is 5.82 Å². The van der Waals surface area contributed by atoms with E-state index in [1.54, 1.807) is 18.3 Å².